The number of rotatable bonds is 6. The number of phenolic OH excluding ortho intramolecular Hbond substituents is 1. The molecule has 0 aromatic heterocycles. The van der Waals surface area contributed by atoms with E-state index < -0.39 is 5.97 Å². The fourth-order valence-electron chi connectivity index (χ4n) is 1.27. The van der Waals surface area contributed by atoms with E-state index >= 15 is 0 Å². The van der Waals surface area contributed by atoms with Crippen LogP contribution in [0.25, 0.3) is 6.08 Å². The molecule has 1 aromatic carbocycles. The maximum atomic E-state index is 10.2. The zero-order valence-corrected chi connectivity index (χ0v) is 10.9. The van der Waals surface area contributed by atoms with E-state index in [1.54, 1.807) is 30.4 Å². The summed E-state index contributed by atoms with van der Waals surface area (Å²) in [6.45, 7) is 0. The maximum absolute atomic E-state index is 10.2. The zero-order valence-electron chi connectivity index (χ0n) is 10.9. The molecule has 0 bridgehead atoms. The van der Waals surface area contributed by atoms with Gasteiger partial charge in [0, 0.05) is 6.08 Å². The van der Waals surface area contributed by atoms with Crippen molar-refractivity contribution in [2.45, 2.75) is 0 Å². The van der Waals surface area contributed by atoms with Crippen molar-refractivity contribution in [2.75, 3.05) is 0 Å². The van der Waals surface area contributed by atoms with Crippen LogP contribution in [0, 0.1) is 0 Å². The van der Waals surface area contributed by atoms with Gasteiger partial charge >= 0.3 is 5.97 Å². The second-order valence-corrected chi connectivity index (χ2v) is 3.80. The lowest BCUT2D eigenvalue weighted by atomic mass is 10.2. The van der Waals surface area contributed by atoms with Crippen LogP contribution in [-0.2, 0) is 4.79 Å². The molecule has 0 radical (unpaired) electrons. The molecule has 0 heterocycles. The van der Waals surface area contributed by atoms with Crippen molar-refractivity contribution in [3.63, 3.8) is 0 Å². The molecular weight excluding hydrogens is 252 g/mol. The molecule has 20 heavy (non-hydrogen) atoms. The van der Waals surface area contributed by atoms with Crippen molar-refractivity contribution in [3.05, 3.63) is 84.5 Å². The highest BCUT2D eigenvalue weighted by Gasteiger charge is 1.85. The number of benzene rings is 1. The van der Waals surface area contributed by atoms with Crippen molar-refractivity contribution in [2.24, 2.45) is 0 Å². The summed E-state index contributed by atoms with van der Waals surface area (Å²) in [6, 6.07) is 6.93. The molecule has 0 aliphatic heterocycles. The lowest BCUT2D eigenvalue weighted by Crippen LogP contribution is -1.84. The van der Waals surface area contributed by atoms with Crippen LogP contribution >= 0.6 is 0 Å². The van der Waals surface area contributed by atoms with E-state index in [1.165, 1.54) is 6.08 Å². The standard InChI is InChI=1S/C17H16O3/c18-16-13-11-15(12-14-16)9-7-5-3-1-2-4-6-8-10-17(19)20/h1-14,18H,(H,19,20). The van der Waals surface area contributed by atoms with Gasteiger partial charge in [-0.2, -0.15) is 0 Å². The molecule has 0 aliphatic carbocycles. The Morgan fingerprint density at radius 1 is 0.800 bits per heavy atom. The third-order valence-corrected chi connectivity index (χ3v) is 2.20. The van der Waals surface area contributed by atoms with Gasteiger partial charge in [0.2, 0.25) is 0 Å². The summed E-state index contributed by atoms with van der Waals surface area (Å²) in [5, 5.41) is 17.5. The molecule has 3 nitrogen and oxygen atoms in total. The van der Waals surface area contributed by atoms with E-state index in [1.807, 2.05) is 42.5 Å². The molecule has 0 fully saturated rings. The number of carboxylic acid groups (broad SMARTS) is 1. The fourth-order valence-corrected chi connectivity index (χ4v) is 1.27. The van der Waals surface area contributed by atoms with Crippen LogP contribution < -0.4 is 0 Å². The number of phenols is 1. The second-order valence-electron chi connectivity index (χ2n) is 3.80. The van der Waals surface area contributed by atoms with E-state index in [0.29, 0.717) is 0 Å². The highest BCUT2D eigenvalue weighted by atomic mass is 16.4. The minimum absolute atomic E-state index is 0.254. The number of carbonyl (C=O) groups is 1. The Kier molecular flexibility index (Phi) is 6.99. The summed E-state index contributed by atoms with van der Waals surface area (Å²) in [5.41, 5.74) is 1.01. The van der Waals surface area contributed by atoms with E-state index in [9.17, 15) is 4.79 Å². The molecule has 0 saturated carbocycles. The van der Waals surface area contributed by atoms with Gasteiger partial charge < -0.3 is 10.2 Å². The van der Waals surface area contributed by atoms with Gasteiger partial charge in [-0.1, -0.05) is 66.8 Å². The Morgan fingerprint density at radius 3 is 1.85 bits per heavy atom. The Hall–Kier alpha value is -2.81. The molecule has 0 aliphatic rings. The van der Waals surface area contributed by atoms with Gasteiger partial charge in [0.05, 0.1) is 0 Å². The highest BCUT2D eigenvalue weighted by Crippen LogP contribution is 2.10. The van der Waals surface area contributed by atoms with Gasteiger partial charge in [0.15, 0.2) is 0 Å². The van der Waals surface area contributed by atoms with E-state index in [0.717, 1.165) is 11.6 Å². The van der Waals surface area contributed by atoms with Crippen molar-refractivity contribution < 1.29 is 15.0 Å². The quantitative estimate of drug-likeness (QED) is 0.610. The summed E-state index contributed by atoms with van der Waals surface area (Å²) in [7, 11) is 0. The van der Waals surface area contributed by atoms with Gasteiger partial charge in [0.25, 0.3) is 0 Å². The topological polar surface area (TPSA) is 57.5 Å². The first-order valence-corrected chi connectivity index (χ1v) is 6.05. The number of allylic oxidation sites excluding steroid dienone is 8. The number of carboxylic acids is 1. The van der Waals surface area contributed by atoms with Crippen LogP contribution in [0.4, 0.5) is 0 Å². The van der Waals surface area contributed by atoms with Crippen LogP contribution in [0.2, 0.25) is 0 Å². The summed E-state index contributed by atoms with van der Waals surface area (Å²) in [4.78, 5) is 10.2. The van der Waals surface area contributed by atoms with Crippen LogP contribution in [-0.4, -0.2) is 16.2 Å². The van der Waals surface area contributed by atoms with Crippen LogP contribution in [0.5, 0.6) is 5.75 Å². The SMILES string of the molecule is O=C(O)C=CC=CC=CC=CC=Cc1ccc(O)cc1. The monoisotopic (exact) mass is 268 g/mol. The average Bonchev–Trinajstić information content (AvgIpc) is 2.42. The fraction of sp³-hybridized carbons (Fsp3) is 0. The minimum atomic E-state index is -0.960. The van der Waals surface area contributed by atoms with Gasteiger partial charge in [-0.05, 0) is 17.7 Å². The largest absolute Gasteiger partial charge is 0.508 e. The van der Waals surface area contributed by atoms with Gasteiger partial charge in [-0.3, -0.25) is 0 Å². The normalized spacial score (nSPS) is 12.6. The first-order chi connectivity index (χ1) is 9.68. The molecule has 2 N–H and O–H groups in total. The number of aliphatic carboxylic acids is 1. The van der Waals surface area contributed by atoms with Gasteiger partial charge in [-0.25, -0.2) is 4.79 Å². The molecule has 102 valence electrons. The van der Waals surface area contributed by atoms with Gasteiger partial charge in [-0.15, -0.1) is 0 Å². The molecule has 0 unspecified atom stereocenters. The van der Waals surface area contributed by atoms with E-state index in [4.69, 9.17) is 10.2 Å². The Balaban J connectivity index is 2.34. The summed E-state index contributed by atoms with van der Waals surface area (Å²) in [5.74, 6) is -0.706. The lowest BCUT2D eigenvalue weighted by molar-refractivity contribution is -0.131. The molecular formula is C17H16O3. The highest BCUT2D eigenvalue weighted by molar-refractivity contribution is 5.80. The Bertz CT molecular complexity index is 558. The van der Waals surface area contributed by atoms with Gasteiger partial charge in [0.1, 0.15) is 5.75 Å². The molecule has 1 aromatic rings. The van der Waals surface area contributed by atoms with Crippen LogP contribution in [0.3, 0.4) is 0 Å². The summed E-state index contributed by atoms with van der Waals surface area (Å²) >= 11 is 0. The average molecular weight is 268 g/mol. The minimum Gasteiger partial charge on any atom is -0.508 e. The predicted molar refractivity (Wildman–Crippen MR) is 81.3 cm³/mol. The van der Waals surface area contributed by atoms with Crippen LogP contribution in [0.15, 0.2) is 78.9 Å². The summed E-state index contributed by atoms with van der Waals surface area (Å²) < 4.78 is 0. The zero-order chi connectivity index (χ0) is 14.6. The third kappa shape index (κ3) is 7.50. The third-order valence-electron chi connectivity index (χ3n) is 2.20. The van der Waals surface area contributed by atoms with E-state index in [2.05, 4.69) is 0 Å². The molecule has 0 saturated heterocycles. The molecule has 1 rings (SSSR count). The maximum Gasteiger partial charge on any atom is 0.328 e. The Morgan fingerprint density at radius 2 is 1.30 bits per heavy atom. The molecule has 0 atom stereocenters. The molecule has 3 heteroatoms. The number of hydrogen-bond donors (Lipinski definition) is 2. The Labute approximate surface area is 118 Å². The van der Waals surface area contributed by atoms with Crippen LogP contribution in [0.1, 0.15) is 5.56 Å². The lowest BCUT2D eigenvalue weighted by Gasteiger charge is -1.92. The number of hydrogen-bond acceptors (Lipinski definition) is 2. The van der Waals surface area contributed by atoms with E-state index in [-0.39, 0.29) is 5.75 Å². The first kappa shape index (κ1) is 15.2. The van der Waals surface area contributed by atoms with Crippen molar-refractivity contribution >= 4 is 12.0 Å². The molecule has 0 amide bonds. The van der Waals surface area contributed by atoms with Crippen molar-refractivity contribution in [1.82, 2.24) is 0 Å². The van der Waals surface area contributed by atoms with Crippen molar-refractivity contribution in [1.29, 1.82) is 0 Å². The second kappa shape index (κ2) is 9.16. The van der Waals surface area contributed by atoms with Crippen molar-refractivity contribution in [3.8, 4) is 5.75 Å². The first-order valence-electron chi connectivity index (χ1n) is 6.05. The molecule has 0 spiro atoms. The number of aromatic hydroxyl groups is 1. The predicted octanol–water partition coefficient (Wildman–Crippen LogP) is 3.71. The summed E-state index contributed by atoms with van der Waals surface area (Å²) in [6.07, 6.45) is 17.1. The smallest absolute Gasteiger partial charge is 0.328 e.